The Morgan fingerprint density at radius 1 is 1.04 bits per heavy atom. The number of ketones is 1. The number of methoxy groups -OCH3 is 1. The first kappa shape index (κ1) is 16.6. The summed E-state index contributed by atoms with van der Waals surface area (Å²) in [5.41, 5.74) is 1.74. The summed E-state index contributed by atoms with van der Waals surface area (Å²) in [6, 6.07) is 13.6. The number of anilines is 1. The lowest BCUT2D eigenvalue weighted by Gasteiger charge is -2.10. The molecule has 0 fully saturated rings. The van der Waals surface area contributed by atoms with Gasteiger partial charge in [0.05, 0.1) is 7.11 Å². The maximum absolute atomic E-state index is 12.1. The number of ether oxygens (including phenoxy) is 1. The first-order chi connectivity index (χ1) is 11.0. The van der Waals surface area contributed by atoms with Crippen LogP contribution in [-0.2, 0) is 0 Å². The molecule has 0 unspecified atom stereocenters. The van der Waals surface area contributed by atoms with Crippen molar-refractivity contribution in [1.29, 1.82) is 0 Å². The molecule has 6 heteroatoms. The molecule has 0 spiro atoms. The number of amides is 1. The Morgan fingerprint density at radius 2 is 1.74 bits per heavy atom. The zero-order valence-electron chi connectivity index (χ0n) is 12.8. The molecule has 23 heavy (non-hydrogen) atoms. The number of thiocarbonyl (C=S) groups is 1. The summed E-state index contributed by atoms with van der Waals surface area (Å²) in [4.78, 5) is 23.3. The molecule has 118 valence electrons. The summed E-state index contributed by atoms with van der Waals surface area (Å²) in [5.74, 6) is 0.253. The number of benzene rings is 2. The molecule has 2 aromatic carbocycles. The summed E-state index contributed by atoms with van der Waals surface area (Å²) >= 11 is 5.12. The first-order valence-corrected chi connectivity index (χ1v) is 7.28. The standard InChI is InChI=1S/C17H16N2O3S/c1-11(20)12-6-8-14(9-7-12)18-17(23)19-16(21)13-4-3-5-15(10-13)22-2/h3-10H,1-2H3,(H2,18,19,21,23). The first-order valence-electron chi connectivity index (χ1n) is 6.87. The maximum atomic E-state index is 12.1. The molecule has 0 saturated carbocycles. The third-order valence-electron chi connectivity index (χ3n) is 3.11. The van der Waals surface area contributed by atoms with Crippen LogP contribution in [0.3, 0.4) is 0 Å². The van der Waals surface area contributed by atoms with Gasteiger partial charge in [-0.2, -0.15) is 0 Å². The van der Waals surface area contributed by atoms with Crippen LogP contribution in [0.25, 0.3) is 0 Å². The predicted molar refractivity (Wildman–Crippen MR) is 93.1 cm³/mol. The van der Waals surface area contributed by atoms with E-state index in [0.717, 1.165) is 0 Å². The zero-order valence-corrected chi connectivity index (χ0v) is 13.6. The van der Waals surface area contributed by atoms with Gasteiger partial charge in [0.25, 0.3) is 5.91 Å². The molecule has 5 nitrogen and oxygen atoms in total. The summed E-state index contributed by atoms with van der Waals surface area (Å²) in [5, 5.41) is 5.66. The second-order valence-corrected chi connectivity index (χ2v) is 5.18. The number of Topliss-reactive ketones (excluding diaryl/α,β-unsaturated/α-hetero) is 1. The molecular formula is C17H16N2O3S. The lowest BCUT2D eigenvalue weighted by Crippen LogP contribution is -2.34. The molecular weight excluding hydrogens is 312 g/mol. The van der Waals surface area contributed by atoms with Gasteiger partial charge in [0.15, 0.2) is 10.9 Å². The highest BCUT2D eigenvalue weighted by molar-refractivity contribution is 7.80. The van der Waals surface area contributed by atoms with E-state index in [1.807, 2.05) is 0 Å². The number of carbonyl (C=O) groups is 2. The zero-order chi connectivity index (χ0) is 16.8. The predicted octanol–water partition coefficient (Wildman–Crippen LogP) is 3.02. The van der Waals surface area contributed by atoms with Crippen molar-refractivity contribution < 1.29 is 14.3 Å². The van der Waals surface area contributed by atoms with E-state index < -0.39 is 0 Å². The molecule has 0 aliphatic heterocycles. The Balaban J connectivity index is 1.98. The average Bonchev–Trinajstić information content (AvgIpc) is 2.55. The number of rotatable bonds is 4. The van der Waals surface area contributed by atoms with Crippen LogP contribution < -0.4 is 15.4 Å². The molecule has 0 aliphatic carbocycles. The molecule has 0 atom stereocenters. The van der Waals surface area contributed by atoms with E-state index >= 15 is 0 Å². The quantitative estimate of drug-likeness (QED) is 0.667. The van der Waals surface area contributed by atoms with Crippen molar-refractivity contribution in [3.8, 4) is 5.75 Å². The molecule has 0 aliphatic rings. The van der Waals surface area contributed by atoms with E-state index in [1.165, 1.54) is 14.0 Å². The van der Waals surface area contributed by atoms with Gasteiger partial charge in [-0.05, 0) is 61.6 Å². The fraction of sp³-hybridized carbons (Fsp3) is 0.118. The van der Waals surface area contributed by atoms with Crippen molar-refractivity contribution in [2.75, 3.05) is 12.4 Å². The van der Waals surface area contributed by atoms with Crippen LogP contribution in [0.2, 0.25) is 0 Å². The lowest BCUT2D eigenvalue weighted by molar-refractivity contribution is 0.0975. The van der Waals surface area contributed by atoms with Gasteiger partial charge >= 0.3 is 0 Å². The average molecular weight is 328 g/mol. The van der Waals surface area contributed by atoms with Gasteiger partial charge in [0.2, 0.25) is 0 Å². The number of carbonyl (C=O) groups excluding carboxylic acids is 2. The second kappa shape index (κ2) is 7.51. The van der Waals surface area contributed by atoms with Crippen LogP contribution in [0, 0.1) is 0 Å². The monoisotopic (exact) mass is 328 g/mol. The van der Waals surface area contributed by atoms with Gasteiger partial charge in [0.1, 0.15) is 5.75 Å². The summed E-state index contributed by atoms with van der Waals surface area (Å²) < 4.78 is 5.08. The molecule has 0 aromatic heterocycles. The van der Waals surface area contributed by atoms with Crippen molar-refractivity contribution in [1.82, 2.24) is 5.32 Å². The van der Waals surface area contributed by atoms with E-state index in [2.05, 4.69) is 10.6 Å². The van der Waals surface area contributed by atoms with Crippen LogP contribution in [0.15, 0.2) is 48.5 Å². The molecule has 2 N–H and O–H groups in total. The third kappa shape index (κ3) is 4.62. The summed E-state index contributed by atoms with van der Waals surface area (Å²) in [6.07, 6.45) is 0. The Labute approximate surface area is 139 Å². The highest BCUT2D eigenvalue weighted by Gasteiger charge is 2.09. The normalized spacial score (nSPS) is 9.83. The molecule has 2 aromatic rings. The fourth-order valence-corrected chi connectivity index (χ4v) is 2.10. The van der Waals surface area contributed by atoms with E-state index in [1.54, 1.807) is 48.5 Å². The fourth-order valence-electron chi connectivity index (χ4n) is 1.89. The Bertz CT molecular complexity index is 742. The molecule has 0 radical (unpaired) electrons. The van der Waals surface area contributed by atoms with Crippen molar-refractivity contribution in [2.24, 2.45) is 0 Å². The van der Waals surface area contributed by atoms with Gasteiger partial charge in [-0.3, -0.25) is 14.9 Å². The van der Waals surface area contributed by atoms with Crippen molar-refractivity contribution in [2.45, 2.75) is 6.92 Å². The second-order valence-electron chi connectivity index (χ2n) is 4.77. The number of nitrogens with one attached hydrogen (secondary N) is 2. The van der Waals surface area contributed by atoms with Crippen LogP contribution in [0.4, 0.5) is 5.69 Å². The Morgan fingerprint density at radius 3 is 2.35 bits per heavy atom. The highest BCUT2D eigenvalue weighted by Crippen LogP contribution is 2.13. The SMILES string of the molecule is COc1cccc(C(=O)NC(=S)Nc2ccc(C(C)=O)cc2)c1. The molecule has 0 saturated heterocycles. The summed E-state index contributed by atoms with van der Waals surface area (Å²) in [7, 11) is 1.54. The van der Waals surface area contributed by atoms with Gasteiger partial charge in [-0.25, -0.2) is 0 Å². The van der Waals surface area contributed by atoms with Crippen LogP contribution >= 0.6 is 12.2 Å². The van der Waals surface area contributed by atoms with Crippen LogP contribution in [0.5, 0.6) is 5.75 Å². The van der Waals surface area contributed by atoms with E-state index in [0.29, 0.717) is 22.6 Å². The van der Waals surface area contributed by atoms with E-state index in [4.69, 9.17) is 17.0 Å². The molecule has 0 heterocycles. The van der Waals surface area contributed by atoms with Gasteiger partial charge in [0, 0.05) is 16.8 Å². The van der Waals surface area contributed by atoms with Gasteiger partial charge in [-0.15, -0.1) is 0 Å². The minimum absolute atomic E-state index is 0.00884. The number of hydrogen-bond acceptors (Lipinski definition) is 4. The topological polar surface area (TPSA) is 67.4 Å². The molecule has 2 rings (SSSR count). The van der Waals surface area contributed by atoms with Crippen molar-refractivity contribution in [3.63, 3.8) is 0 Å². The number of hydrogen-bond donors (Lipinski definition) is 2. The molecule has 1 amide bonds. The van der Waals surface area contributed by atoms with E-state index in [9.17, 15) is 9.59 Å². The minimum Gasteiger partial charge on any atom is -0.497 e. The maximum Gasteiger partial charge on any atom is 0.257 e. The van der Waals surface area contributed by atoms with E-state index in [-0.39, 0.29) is 16.8 Å². The van der Waals surface area contributed by atoms with Crippen molar-refractivity contribution >= 4 is 34.7 Å². The van der Waals surface area contributed by atoms with Gasteiger partial charge in [-0.1, -0.05) is 6.07 Å². The minimum atomic E-state index is -0.332. The molecule has 0 bridgehead atoms. The largest absolute Gasteiger partial charge is 0.497 e. The van der Waals surface area contributed by atoms with Crippen LogP contribution in [0.1, 0.15) is 27.6 Å². The Hall–Kier alpha value is -2.73. The highest BCUT2D eigenvalue weighted by atomic mass is 32.1. The van der Waals surface area contributed by atoms with Crippen molar-refractivity contribution in [3.05, 3.63) is 59.7 Å². The van der Waals surface area contributed by atoms with Gasteiger partial charge < -0.3 is 10.1 Å². The smallest absolute Gasteiger partial charge is 0.257 e. The Kier molecular flexibility index (Phi) is 5.43. The van der Waals surface area contributed by atoms with Crippen LogP contribution in [-0.4, -0.2) is 23.9 Å². The lowest BCUT2D eigenvalue weighted by atomic mass is 10.1. The summed E-state index contributed by atoms with van der Waals surface area (Å²) in [6.45, 7) is 1.50. The third-order valence-corrected chi connectivity index (χ3v) is 3.31.